The predicted octanol–water partition coefficient (Wildman–Crippen LogP) is 3.25. The van der Waals surface area contributed by atoms with E-state index < -0.39 is 0 Å². The zero-order valence-electron chi connectivity index (χ0n) is 18.5. The molecule has 1 aromatic heterocycles. The number of nitrogens with one attached hydrogen (secondary N) is 2. The molecule has 0 aromatic carbocycles. The predicted molar refractivity (Wildman–Crippen MR) is 120 cm³/mol. The van der Waals surface area contributed by atoms with Gasteiger partial charge in [-0.25, -0.2) is 9.98 Å². The van der Waals surface area contributed by atoms with Crippen molar-refractivity contribution in [1.82, 2.24) is 20.5 Å². The summed E-state index contributed by atoms with van der Waals surface area (Å²) < 4.78 is 0. The van der Waals surface area contributed by atoms with Gasteiger partial charge in [-0.15, -0.1) is 0 Å². The number of aromatic nitrogens is 1. The molecule has 1 aliphatic rings. The summed E-state index contributed by atoms with van der Waals surface area (Å²) in [7, 11) is 0. The minimum Gasteiger partial charge on any atom is -0.357 e. The maximum absolute atomic E-state index is 4.77. The molecule has 1 aromatic rings. The normalized spacial score (nSPS) is 15.1. The van der Waals surface area contributed by atoms with Gasteiger partial charge in [-0.05, 0) is 71.6 Å². The third kappa shape index (κ3) is 7.30. The summed E-state index contributed by atoms with van der Waals surface area (Å²) in [5, 5.41) is 6.84. The first-order valence-corrected chi connectivity index (χ1v) is 11.0. The van der Waals surface area contributed by atoms with Crippen LogP contribution >= 0.6 is 0 Å². The highest BCUT2D eigenvalue weighted by Gasteiger charge is 2.14. The topological polar surface area (TPSA) is 55.8 Å². The molecule has 1 saturated heterocycles. The third-order valence-corrected chi connectivity index (χ3v) is 5.22. The molecule has 0 spiro atoms. The monoisotopic (exact) mass is 388 g/mol. The lowest BCUT2D eigenvalue weighted by Gasteiger charge is -2.30. The lowest BCUT2D eigenvalue weighted by atomic mass is 10.2. The van der Waals surface area contributed by atoms with Crippen molar-refractivity contribution in [3.8, 4) is 0 Å². The van der Waals surface area contributed by atoms with Crippen molar-refractivity contribution in [2.45, 2.75) is 72.5 Å². The highest BCUT2D eigenvalue weighted by Crippen LogP contribution is 2.18. The summed E-state index contributed by atoms with van der Waals surface area (Å²) in [5.74, 6) is 1.98. The molecular formula is C22H40N6. The van der Waals surface area contributed by atoms with Crippen LogP contribution in [0.15, 0.2) is 23.3 Å². The molecule has 0 atom stereocenters. The third-order valence-electron chi connectivity index (χ3n) is 5.22. The van der Waals surface area contributed by atoms with Gasteiger partial charge in [0.05, 0.1) is 6.54 Å². The fourth-order valence-corrected chi connectivity index (χ4v) is 3.77. The fraction of sp³-hybridized carbons (Fsp3) is 0.727. The maximum atomic E-state index is 4.77. The molecule has 0 unspecified atom stereocenters. The molecular weight excluding hydrogens is 348 g/mol. The minimum atomic E-state index is 0.582. The molecule has 2 rings (SSSR count). The minimum absolute atomic E-state index is 0.582. The van der Waals surface area contributed by atoms with E-state index in [-0.39, 0.29) is 0 Å². The van der Waals surface area contributed by atoms with Crippen molar-refractivity contribution in [1.29, 1.82) is 0 Å². The van der Waals surface area contributed by atoms with Gasteiger partial charge < -0.3 is 15.5 Å². The summed E-state index contributed by atoms with van der Waals surface area (Å²) in [5.41, 5.74) is 1.21. The van der Waals surface area contributed by atoms with Gasteiger partial charge in [-0.3, -0.25) is 4.90 Å². The summed E-state index contributed by atoms with van der Waals surface area (Å²) >= 11 is 0. The van der Waals surface area contributed by atoms with Crippen LogP contribution in [-0.4, -0.2) is 60.7 Å². The molecule has 0 radical (unpaired) electrons. The molecule has 0 amide bonds. The standard InChI is InChI=1S/C22H40N6/c1-6-23-22(25-11-9-15-28(18(2)3)19(4)5)26-17-20-10-12-24-21(16-20)27-13-7-8-14-27/h10,12,16,18-19H,6-9,11,13-15,17H2,1-5H3,(H2,23,25,26). The first-order chi connectivity index (χ1) is 13.5. The average molecular weight is 389 g/mol. The first kappa shape index (κ1) is 22.5. The molecule has 0 aliphatic carbocycles. The number of hydrogen-bond donors (Lipinski definition) is 2. The lowest BCUT2D eigenvalue weighted by Crippen LogP contribution is -2.41. The molecule has 6 heteroatoms. The summed E-state index contributed by atoms with van der Waals surface area (Å²) in [6.07, 6.45) is 5.55. The van der Waals surface area contributed by atoms with Crippen molar-refractivity contribution in [3.05, 3.63) is 23.9 Å². The van der Waals surface area contributed by atoms with E-state index in [2.05, 4.69) is 72.2 Å². The summed E-state index contributed by atoms with van der Waals surface area (Å²) in [6.45, 7) is 17.0. The van der Waals surface area contributed by atoms with Crippen molar-refractivity contribution in [2.24, 2.45) is 4.99 Å². The number of hydrogen-bond acceptors (Lipinski definition) is 4. The van der Waals surface area contributed by atoms with Crippen LogP contribution < -0.4 is 15.5 Å². The maximum Gasteiger partial charge on any atom is 0.191 e. The van der Waals surface area contributed by atoms with Gasteiger partial charge in [0.25, 0.3) is 0 Å². The van der Waals surface area contributed by atoms with E-state index in [1.54, 1.807) is 0 Å². The Morgan fingerprint density at radius 1 is 1.18 bits per heavy atom. The summed E-state index contributed by atoms with van der Waals surface area (Å²) in [4.78, 5) is 14.2. The molecule has 2 heterocycles. The van der Waals surface area contributed by atoms with Gasteiger partial charge in [0, 0.05) is 51.0 Å². The Bertz CT molecular complexity index is 584. The SMILES string of the molecule is CCNC(=NCc1ccnc(N2CCCC2)c1)NCCCN(C(C)C)C(C)C. The Kier molecular flexibility index (Phi) is 9.55. The Morgan fingerprint density at radius 3 is 2.54 bits per heavy atom. The van der Waals surface area contributed by atoms with Crippen LogP contribution in [-0.2, 0) is 6.54 Å². The Labute approximate surface area is 171 Å². The van der Waals surface area contributed by atoms with Crippen molar-refractivity contribution in [2.75, 3.05) is 37.6 Å². The van der Waals surface area contributed by atoms with E-state index in [0.29, 0.717) is 18.6 Å². The highest BCUT2D eigenvalue weighted by molar-refractivity contribution is 5.79. The number of pyridine rings is 1. The Morgan fingerprint density at radius 2 is 1.89 bits per heavy atom. The van der Waals surface area contributed by atoms with Crippen LogP contribution in [0.4, 0.5) is 5.82 Å². The number of rotatable bonds is 10. The van der Waals surface area contributed by atoms with Gasteiger partial charge in [0.1, 0.15) is 5.82 Å². The van der Waals surface area contributed by atoms with Crippen molar-refractivity contribution in [3.63, 3.8) is 0 Å². The molecule has 2 N–H and O–H groups in total. The number of nitrogens with zero attached hydrogens (tertiary/aromatic N) is 4. The number of aliphatic imine (C=N–C) groups is 1. The van der Waals surface area contributed by atoms with Gasteiger partial charge >= 0.3 is 0 Å². The van der Waals surface area contributed by atoms with Crippen LogP contribution in [0.1, 0.15) is 59.4 Å². The van der Waals surface area contributed by atoms with Gasteiger partial charge in [0.2, 0.25) is 0 Å². The molecule has 0 bridgehead atoms. The second kappa shape index (κ2) is 11.9. The van der Waals surface area contributed by atoms with E-state index in [4.69, 9.17) is 4.99 Å². The second-order valence-corrected chi connectivity index (χ2v) is 8.12. The van der Waals surface area contributed by atoms with Crippen molar-refractivity contribution < 1.29 is 0 Å². The van der Waals surface area contributed by atoms with Crippen molar-refractivity contribution >= 4 is 11.8 Å². The summed E-state index contributed by atoms with van der Waals surface area (Å²) in [6, 6.07) is 5.41. The smallest absolute Gasteiger partial charge is 0.191 e. The lowest BCUT2D eigenvalue weighted by molar-refractivity contribution is 0.173. The van der Waals surface area contributed by atoms with E-state index in [1.165, 1.54) is 18.4 Å². The van der Waals surface area contributed by atoms with Gasteiger partial charge in [-0.2, -0.15) is 0 Å². The van der Waals surface area contributed by atoms with Crippen LogP contribution in [0.25, 0.3) is 0 Å². The molecule has 158 valence electrons. The highest BCUT2D eigenvalue weighted by atomic mass is 15.2. The zero-order valence-corrected chi connectivity index (χ0v) is 18.5. The molecule has 28 heavy (non-hydrogen) atoms. The molecule has 1 aliphatic heterocycles. The Hall–Kier alpha value is -1.82. The second-order valence-electron chi connectivity index (χ2n) is 8.12. The van der Waals surface area contributed by atoms with Crippen LogP contribution in [0, 0.1) is 0 Å². The number of anilines is 1. The first-order valence-electron chi connectivity index (χ1n) is 11.0. The fourth-order valence-electron chi connectivity index (χ4n) is 3.77. The quantitative estimate of drug-likeness (QED) is 0.366. The van der Waals surface area contributed by atoms with E-state index in [1.807, 2.05) is 6.20 Å². The van der Waals surface area contributed by atoms with Crippen LogP contribution in [0.2, 0.25) is 0 Å². The van der Waals surface area contributed by atoms with E-state index in [0.717, 1.165) is 50.9 Å². The number of guanidine groups is 1. The molecule has 0 saturated carbocycles. The largest absolute Gasteiger partial charge is 0.357 e. The van der Waals surface area contributed by atoms with Crippen LogP contribution in [0.5, 0.6) is 0 Å². The molecule has 1 fully saturated rings. The Balaban J connectivity index is 1.85. The van der Waals surface area contributed by atoms with E-state index >= 15 is 0 Å². The average Bonchev–Trinajstić information content (AvgIpc) is 3.20. The zero-order chi connectivity index (χ0) is 20.4. The van der Waals surface area contributed by atoms with Gasteiger partial charge in [0.15, 0.2) is 5.96 Å². The van der Waals surface area contributed by atoms with Gasteiger partial charge in [-0.1, -0.05) is 0 Å². The van der Waals surface area contributed by atoms with E-state index in [9.17, 15) is 0 Å². The molecule has 6 nitrogen and oxygen atoms in total. The van der Waals surface area contributed by atoms with Crippen LogP contribution in [0.3, 0.4) is 0 Å².